The SMILES string of the molecule is O=C(O)C(C(=O)O)c1ccc(C(C(=O)O)C(=O)O)nc1. The van der Waals surface area contributed by atoms with E-state index in [1.165, 1.54) is 0 Å². The first-order valence-electron chi connectivity index (χ1n) is 5.12. The molecule has 0 saturated carbocycles. The molecule has 1 heterocycles. The van der Waals surface area contributed by atoms with Crippen molar-refractivity contribution < 1.29 is 39.6 Å². The molecule has 0 aliphatic rings. The summed E-state index contributed by atoms with van der Waals surface area (Å²) in [5, 5.41) is 35.0. The van der Waals surface area contributed by atoms with Gasteiger partial charge in [0.2, 0.25) is 0 Å². The molecule has 0 spiro atoms. The summed E-state index contributed by atoms with van der Waals surface area (Å²) in [6, 6.07) is 2.00. The Morgan fingerprint density at radius 1 is 0.800 bits per heavy atom. The van der Waals surface area contributed by atoms with Crippen LogP contribution in [-0.4, -0.2) is 49.3 Å². The summed E-state index contributed by atoms with van der Waals surface area (Å²) in [4.78, 5) is 46.6. The van der Waals surface area contributed by atoms with Gasteiger partial charge in [-0.2, -0.15) is 0 Å². The molecular formula is C11H9NO8. The maximum atomic E-state index is 10.8. The van der Waals surface area contributed by atoms with Crippen molar-refractivity contribution >= 4 is 23.9 Å². The highest BCUT2D eigenvalue weighted by Crippen LogP contribution is 2.19. The standard InChI is InChI=1S/C11H9NO8/c13-8(14)6(9(15)16)4-1-2-5(12-3-4)7(10(17)18)11(19)20/h1-3,6-7H,(H,13,14)(H,15,16)(H,17,18)(H,19,20). The maximum Gasteiger partial charge on any atom is 0.324 e. The third-order valence-corrected chi connectivity index (χ3v) is 2.43. The minimum Gasteiger partial charge on any atom is -0.480 e. The van der Waals surface area contributed by atoms with Gasteiger partial charge in [0.05, 0.1) is 5.69 Å². The fraction of sp³-hybridized carbons (Fsp3) is 0.182. The smallest absolute Gasteiger partial charge is 0.324 e. The predicted molar refractivity (Wildman–Crippen MR) is 60.3 cm³/mol. The Kier molecular flexibility index (Phi) is 4.36. The number of aromatic nitrogens is 1. The third-order valence-electron chi connectivity index (χ3n) is 2.43. The number of hydrogen-bond donors (Lipinski definition) is 4. The van der Waals surface area contributed by atoms with Gasteiger partial charge >= 0.3 is 23.9 Å². The number of carboxylic acids is 4. The average Bonchev–Trinajstić information content (AvgIpc) is 2.29. The maximum absolute atomic E-state index is 10.8. The van der Waals surface area contributed by atoms with Gasteiger partial charge in [0.15, 0.2) is 11.8 Å². The molecule has 1 rings (SSSR count). The first-order valence-corrected chi connectivity index (χ1v) is 5.12. The summed E-state index contributed by atoms with van der Waals surface area (Å²) >= 11 is 0. The predicted octanol–water partition coefficient (Wildman–Crippen LogP) is -0.413. The van der Waals surface area contributed by atoms with Crippen molar-refractivity contribution in [3.8, 4) is 0 Å². The molecule has 0 aliphatic heterocycles. The molecule has 0 aliphatic carbocycles. The van der Waals surface area contributed by atoms with Gasteiger partial charge in [-0.1, -0.05) is 6.07 Å². The zero-order valence-corrected chi connectivity index (χ0v) is 9.76. The fourth-order valence-corrected chi connectivity index (χ4v) is 1.51. The average molecular weight is 283 g/mol. The van der Waals surface area contributed by atoms with Gasteiger partial charge in [0, 0.05) is 6.20 Å². The monoisotopic (exact) mass is 283 g/mol. The van der Waals surface area contributed by atoms with E-state index < -0.39 is 35.7 Å². The number of pyridine rings is 1. The van der Waals surface area contributed by atoms with E-state index in [0.29, 0.717) is 0 Å². The van der Waals surface area contributed by atoms with E-state index in [-0.39, 0.29) is 11.3 Å². The van der Waals surface area contributed by atoms with Crippen LogP contribution >= 0.6 is 0 Å². The Morgan fingerprint density at radius 2 is 1.25 bits per heavy atom. The van der Waals surface area contributed by atoms with Crippen molar-refractivity contribution in [1.82, 2.24) is 4.98 Å². The molecule has 0 bridgehead atoms. The van der Waals surface area contributed by atoms with Crippen LogP contribution in [0.25, 0.3) is 0 Å². The minimum atomic E-state index is -1.91. The first kappa shape index (κ1) is 15.1. The summed E-state index contributed by atoms with van der Waals surface area (Å²) in [5.74, 6) is -10.3. The zero-order valence-electron chi connectivity index (χ0n) is 9.76. The van der Waals surface area contributed by atoms with Crippen LogP contribution in [0.15, 0.2) is 18.3 Å². The van der Waals surface area contributed by atoms with E-state index in [9.17, 15) is 19.2 Å². The molecule has 4 N–H and O–H groups in total. The van der Waals surface area contributed by atoms with E-state index in [2.05, 4.69) is 4.98 Å². The Balaban J connectivity index is 3.16. The highest BCUT2D eigenvalue weighted by Gasteiger charge is 2.31. The summed E-state index contributed by atoms with van der Waals surface area (Å²) in [6.45, 7) is 0. The van der Waals surface area contributed by atoms with Crippen LogP contribution in [-0.2, 0) is 19.2 Å². The van der Waals surface area contributed by atoms with E-state index in [4.69, 9.17) is 20.4 Å². The Hall–Kier alpha value is -2.97. The van der Waals surface area contributed by atoms with Crippen molar-refractivity contribution in [2.75, 3.05) is 0 Å². The van der Waals surface area contributed by atoms with Crippen molar-refractivity contribution in [2.45, 2.75) is 11.8 Å². The lowest BCUT2D eigenvalue weighted by molar-refractivity contribution is -0.152. The molecule has 0 fully saturated rings. The summed E-state index contributed by atoms with van der Waals surface area (Å²) < 4.78 is 0. The molecule has 0 unspecified atom stereocenters. The molecular weight excluding hydrogens is 274 g/mol. The van der Waals surface area contributed by atoms with Crippen LogP contribution in [0.2, 0.25) is 0 Å². The van der Waals surface area contributed by atoms with E-state index >= 15 is 0 Å². The van der Waals surface area contributed by atoms with Crippen molar-refractivity contribution in [1.29, 1.82) is 0 Å². The fourth-order valence-electron chi connectivity index (χ4n) is 1.51. The molecule has 0 aromatic carbocycles. The molecule has 0 atom stereocenters. The van der Waals surface area contributed by atoms with Crippen LogP contribution in [0.5, 0.6) is 0 Å². The molecule has 1 aromatic heterocycles. The van der Waals surface area contributed by atoms with Gasteiger partial charge in [-0.3, -0.25) is 24.2 Å². The quantitative estimate of drug-likeness (QED) is 0.508. The molecule has 20 heavy (non-hydrogen) atoms. The Labute approximate surface area is 111 Å². The van der Waals surface area contributed by atoms with Crippen molar-refractivity contribution in [2.24, 2.45) is 0 Å². The Bertz CT molecular complexity index is 485. The summed E-state index contributed by atoms with van der Waals surface area (Å²) in [5.41, 5.74) is -0.522. The lowest BCUT2D eigenvalue weighted by Gasteiger charge is -2.10. The number of aliphatic carboxylic acids is 4. The normalized spacial score (nSPS) is 10.5. The van der Waals surface area contributed by atoms with Crippen LogP contribution in [0, 0.1) is 0 Å². The molecule has 0 radical (unpaired) electrons. The zero-order chi connectivity index (χ0) is 15.4. The number of carboxylic acid groups (broad SMARTS) is 4. The van der Waals surface area contributed by atoms with Crippen LogP contribution in [0.1, 0.15) is 23.1 Å². The van der Waals surface area contributed by atoms with E-state index in [1.54, 1.807) is 0 Å². The molecule has 0 amide bonds. The van der Waals surface area contributed by atoms with Crippen molar-refractivity contribution in [3.05, 3.63) is 29.6 Å². The lowest BCUT2D eigenvalue weighted by Crippen LogP contribution is -2.23. The van der Waals surface area contributed by atoms with Gasteiger partial charge < -0.3 is 20.4 Å². The molecule has 106 valence electrons. The van der Waals surface area contributed by atoms with Gasteiger partial charge in [0.25, 0.3) is 0 Å². The molecule has 0 saturated heterocycles. The van der Waals surface area contributed by atoms with E-state index in [1.807, 2.05) is 0 Å². The second-order valence-electron chi connectivity index (χ2n) is 3.74. The van der Waals surface area contributed by atoms with Crippen molar-refractivity contribution in [3.63, 3.8) is 0 Å². The number of carbonyl (C=O) groups is 4. The van der Waals surface area contributed by atoms with Gasteiger partial charge in [-0.05, 0) is 11.6 Å². The second kappa shape index (κ2) is 5.78. The summed E-state index contributed by atoms with van der Waals surface area (Å²) in [6.07, 6.45) is 0.834. The topological polar surface area (TPSA) is 162 Å². The molecule has 1 aromatic rings. The van der Waals surface area contributed by atoms with Gasteiger partial charge in [0.1, 0.15) is 0 Å². The molecule has 9 nitrogen and oxygen atoms in total. The first-order chi connectivity index (χ1) is 9.25. The molecule has 9 heteroatoms. The minimum absolute atomic E-state index is 0.191. The summed E-state index contributed by atoms with van der Waals surface area (Å²) in [7, 11) is 0. The largest absolute Gasteiger partial charge is 0.480 e. The highest BCUT2D eigenvalue weighted by atomic mass is 16.4. The van der Waals surface area contributed by atoms with Crippen LogP contribution in [0.3, 0.4) is 0 Å². The highest BCUT2D eigenvalue weighted by molar-refractivity contribution is 5.99. The van der Waals surface area contributed by atoms with Crippen LogP contribution < -0.4 is 0 Å². The van der Waals surface area contributed by atoms with E-state index in [0.717, 1.165) is 18.3 Å². The van der Waals surface area contributed by atoms with Gasteiger partial charge in [-0.25, -0.2) is 0 Å². The van der Waals surface area contributed by atoms with Crippen LogP contribution in [0.4, 0.5) is 0 Å². The number of hydrogen-bond acceptors (Lipinski definition) is 5. The van der Waals surface area contributed by atoms with Gasteiger partial charge in [-0.15, -0.1) is 0 Å². The Morgan fingerprint density at radius 3 is 1.55 bits per heavy atom. The lowest BCUT2D eigenvalue weighted by atomic mass is 9.99. The second-order valence-corrected chi connectivity index (χ2v) is 3.74. The third kappa shape index (κ3) is 3.07. The number of nitrogens with zero attached hydrogens (tertiary/aromatic N) is 1. The number of rotatable bonds is 6.